The predicted octanol–water partition coefficient (Wildman–Crippen LogP) is 6.79. The fraction of sp³-hybridized carbons (Fsp3) is 0.0435. The number of benzene rings is 3. The Bertz CT molecular complexity index is 1020. The summed E-state index contributed by atoms with van der Waals surface area (Å²) in [5.41, 5.74) is 9.22. The molecular formula is C23H17NS. The summed E-state index contributed by atoms with van der Waals surface area (Å²) in [6.45, 7) is 0. The predicted molar refractivity (Wildman–Crippen MR) is 107 cm³/mol. The molecule has 0 fully saturated rings. The average molecular weight is 339 g/mol. The smallest absolute Gasteiger partial charge is 0.0568 e. The van der Waals surface area contributed by atoms with E-state index in [4.69, 9.17) is 0 Å². The van der Waals surface area contributed by atoms with Crippen LogP contribution in [0.1, 0.15) is 11.1 Å². The Balaban J connectivity index is 1.63. The maximum Gasteiger partial charge on any atom is 0.0568 e. The third-order valence-electron chi connectivity index (χ3n) is 4.81. The highest BCUT2D eigenvalue weighted by molar-refractivity contribution is 7.08. The Morgan fingerprint density at radius 1 is 0.640 bits per heavy atom. The molecule has 0 N–H and O–H groups in total. The van der Waals surface area contributed by atoms with Crippen LogP contribution in [0.5, 0.6) is 0 Å². The molecule has 2 heteroatoms. The number of thiophene rings is 1. The van der Waals surface area contributed by atoms with Crippen molar-refractivity contribution in [2.75, 3.05) is 4.90 Å². The van der Waals surface area contributed by atoms with Crippen LogP contribution in [0.4, 0.5) is 17.1 Å². The lowest BCUT2D eigenvalue weighted by molar-refractivity contribution is 1.24. The second-order valence-corrected chi connectivity index (χ2v) is 7.11. The van der Waals surface area contributed by atoms with Crippen molar-refractivity contribution in [3.63, 3.8) is 0 Å². The summed E-state index contributed by atoms with van der Waals surface area (Å²) in [5.74, 6) is 0. The highest BCUT2D eigenvalue weighted by atomic mass is 32.1. The van der Waals surface area contributed by atoms with Gasteiger partial charge in [0, 0.05) is 16.8 Å². The molecule has 1 aliphatic rings. The van der Waals surface area contributed by atoms with Gasteiger partial charge in [0.1, 0.15) is 0 Å². The van der Waals surface area contributed by atoms with E-state index in [9.17, 15) is 0 Å². The van der Waals surface area contributed by atoms with Crippen LogP contribution in [-0.2, 0) is 6.42 Å². The van der Waals surface area contributed by atoms with Gasteiger partial charge in [-0.25, -0.2) is 0 Å². The summed E-state index contributed by atoms with van der Waals surface area (Å²) in [6, 6.07) is 28.4. The van der Waals surface area contributed by atoms with Crippen molar-refractivity contribution in [1.29, 1.82) is 0 Å². The second kappa shape index (κ2) is 5.91. The first-order valence-corrected chi connectivity index (χ1v) is 9.43. The Labute approximate surface area is 151 Å². The minimum Gasteiger partial charge on any atom is -0.310 e. The van der Waals surface area contributed by atoms with Gasteiger partial charge in [-0.2, -0.15) is 11.3 Å². The molecule has 0 aliphatic heterocycles. The van der Waals surface area contributed by atoms with Crippen molar-refractivity contribution in [3.8, 4) is 11.1 Å². The first-order chi connectivity index (χ1) is 12.4. The number of rotatable bonds is 3. The van der Waals surface area contributed by atoms with E-state index in [1.165, 1.54) is 39.3 Å². The van der Waals surface area contributed by atoms with Gasteiger partial charge in [-0.15, -0.1) is 0 Å². The van der Waals surface area contributed by atoms with Crippen LogP contribution in [0.2, 0.25) is 0 Å². The van der Waals surface area contributed by atoms with Crippen LogP contribution in [0.15, 0.2) is 89.6 Å². The van der Waals surface area contributed by atoms with Crippen LogP contribution >= 0.6 is 11.3 Å². The van der Waals surface area contributed by atoms with Gasteiger partial charge in [0.05, 0.1) is 5.69 Å². The summed E-state index contributed by atoms with van der Waals surface area (Å²) >= 11 is 1.73. The summed E-state index contributed by atoms with van der Waals surface area (Å²) in [4.78, 5) is 2.33. The molecule has 0 spiro atoms. The van der Waals surface area contributed by atoms with E-state index >= 15 is 0 Å². The summed E-state index contributed by atoms with van der Waals surface area (Å²) in [6.07, 6.45) is 1.02. The lowest BCUT2D eigenvalue weighted by atomic mass is 10.0. The first kappa shape index (κ1) is 14.5. The van der Waals surface area contributed by atoms with E-state index in [2.05, 4.69) is 94.5 Å². The molecule has 0 radical (unpaired) electrons. The Morgan fingerprint density at radius 2 is 1.44 bits per heavy atom. The molecular weight excluding hydrogens is 322 g/mol. The number of anilines is 3. The molecule has 0 saturated heterocycles. The Kier molecular flexibility index (Phi) is 3.43. The molecule has 1 aromatic heterocycles. The minimum absolute atomic E-state index is 1.02. The van der Waals surface area contributed by atoms with Crippen LogP contribution in [0.25, 0.3) is 11.1 Å². The second-order valence-electron chi connectivity index (χ2n) is 6.33. The summed E-state index contributed by atoms with van der Waals surface area (Å²) < 4.78 is 0. The van der Waals surface area contributed by atoms with Crippen LogP contribution in [0, 0.1) is 0 Å². The number of hydrogen-bond acceptors (Lipinski definition) is 2. The molecule has 0 saturated carbocycles. The molecule has 25 heavy (non-hydrogen) atoms. The standard InChI is InChI=1S/C23H17NS/c1-2-7-19(8-3-1)24(21-12-13-25-16-21)20-10-11-23-18(15-20)14-17-6-4-5-9-22(17)23/h1-13,15-16H,14H2. The molecule has 0 atom stereocenters. The van der Waals surface area contributed by atoms with Gasteiger partial charge in [0.2, 0.25) is 0 Å². The van der Waals surface area contributed by atoms with Crippen LogP contribution in [-0.4, -0.2) is 0 Å². The van der Waals surface area contributed by atoms with Gasteiger partial charge >= 0.3 is 0 Å². The molecule has 1 heterocycles. The average Bonchev–Trinajstić information content (AvgIpc) is 3.30. The first-order valence-electron chi connectivity index (χ1n) is 8.49. The Morgan fingerprint density at radius 3 is 2.28 bits per heavy atom. The zero-order valence-electron chi connectivity index (χ0n) is 13.7. The van der Waals surface area contributed by atoms with E-state index in [0.717, 1.165) is 6.42 Å². The minimum atomic E-state index is 1.02. The maximum atomic E-state index is 2.35. The van der Waals surface area contributed by atoms with Crippen molar-refractivity contribution in [1.82, 2.24) is 0 Å². The fourth-order valence-electron chi connectivity index (χ4n) is 3.68. The molecule has 1 nitrogen and oxygen atoms in total. The number of para-hydroxylation sites is 1. The third kappa shape index (κ3) is 2.46. The lowest BCUT2D eigenvalue weighted by Gasteiger charge is -2.24. The molecule has 1 aliphatic carbocycles. The Hall–Kier alpha value is -2.84. The van der Waals surface area contributed by atoms with E-state index < -0.39 is 0 Å². The molecule has 5 rings (SSSR count). The highest BCUT2D eigenvalue weighted by Gasteiger charge is 2.20. The van der Waals surface area contributed by atoms with E-state index in [1.807, 2.05) is 0 Å². The molecule has 0 unspecified atom stereocenters. The zero-order valence-corrected chi connectivity index (χ0v) is 14.5. The zero-order chi connectivity index (χ0) is 16.6. The molecule has 0 bridgehead atoms. The van der Waals surface area contributed by atoms with E-state index in [0.29, 0.717) is 0 Å². The normalized spacial score (nSPS) is 11.8. The SMILES string of the molecule is c1ccc(N(c2ccsc2)c2ccc3c(c2)Cc2ccccc2-3)cc1. The lowest BCUT2D eigenvalue weighted by Crippen LogP contribution is -2.09. The van der Waals surface area contributed by atoms with Gasteiger partial charge < -0.3 is 4.90 Å². The van der Waals surface area contributed by atoms with Crippen LogP contribution < -0.4 is 4.90 Å². The fourth-order valence-corrected chi connectivity index (χ4v) is 4.30. The van der Waals surface area contributed by atoms with Crippen LogP contribution in [0.3, 0.4) is 0 Å². The van der Waals surface area contributed by atoms with Crippen molar-refractivity contribution < 1.29 is 0 Å². The molecule has 4 aromatic rings. The largest absolute Gasteiger partial charge is 0.310 e. The number of hydrogen-bond donors (Lipinski definition) is 0. The monoisotopic (exact) mass is 339 g/mol. The topological polar surface area (TPSA) is 3.24 Å². The van der Waals surface area contributed by atoms with Crippen molar-refractivity contribution in [2.45, 2.75) is 6.42 Å². The summed E-state index contributed by atoms with van der Waals surface area (Å²) in [5, 5.41) is 4.34. The van der Waals surface area contributed by atoms with Crippen molar-refractivity contribution in [2.24, 2.45) is 0 Å². The van der Waals surface area contributed by atoms with E-state index in [1.54, 1.807) is 11.3 Å². The van der Waals surface area contributed by atoms with Crippen molar-refractivity contribution in [3.05, 3.63) is 101 Å². The van der Waals surface area contributed by atoms with Gasteiger partial charge in [-0.05, 0) is 64.4 Å². The third-order valence-corrected chi connectivity index (χ3v) is 5.49. The molecule has 0 amide bonds. The maximum absolute atomic E-state index is 2.35. The van der Waals surface area contributed by atoms with Gasteiger partial charge in [-0.3, -0.25) is 0 Å². The summed E-state index contributed by atoms with van der Waals surface area (Å²) in [7, 11) is 0. The van der Waals surface area contributed by atoms with Gasteiger partial charge in [0.25, 0.3) is 0 Å². The van der Waals surface area contributed by atoms with E-state index in [-0.39, 0.29) is 0 Å². The molecule has 3 aromatic carbocycles. The highest BCUT2D eigenvalue weighted by Crippen LogP contribution is 2.41. The number of nitrogens with zero attached hydrogens (tertiary/aromatic N) is 1. The molecule has 120 valence electrons. The quantitative estimate of drug-likeness (QED) is 0.350. The van der Waals surface area contributed by atoms with Gasteiger partial charge in [-0.1, -0.05) is 48.5 Å². The van der Waals surface area contributed by atoms with Crippen molar-refractivity contribution >= 4 is 28.4 Å². The van der Waals surface area contributed by atoms with Gasteiger partial charge in [0.15, 0.2) is 0 Å². The number of fused-ring (bicyclic) bond motifs is 3.